The zero-order chi connectivity index (χ0) is 68.8. The molecule has 18 aromatic rings. The first-order valence-corrected chi connectivity index (χ1v) is 36.3. The molecule has 0 spiro atoms. The molecule has 488 valence electrons. The fraction of sp³-hybridized carbons (Fsp3) is 0.0909. The zero-order valence-corrected chi connectivity index (χ0v) is 58.5. The van der Waals surface area contributed by atoms with E-state index in [1.54, 1.807) is 0 Å². The van der Waals surface area contributed by atoms with Crippen molar-refractivity contribution in [2.45, 2.75) is 57.8 Å². The summed E-state index contributed by atoms with van der Waals surface area (Å²) in [5.74, 6) is 0. The van der Waals surface area contributed by atoms with Gasteiger partial charge in [0.1, 0.15) is 0 Å². The van der Waals surface area contributed by atoms with Gasteiger partial charge in [-0.3, -0.25) is 0 Å². The Morgan fingerprint density at radius 1 is 0.194 bits per heavy atom. The van der Waals surface area contributed by atoms with Gasteiger partial charge in [-0.1, -0.05) is 230 Å². The van der Waals surface area contributed by atoms with E-state index in [0.717, 1.165) is 22.7 Å². The number of nitrogens with zero attached hydrogens (tertiary/aromatic N) is 4. The predicted octanol–water partition coefficient (Wildman–Crippen LogP) is 26.4. The van der Waals surface area contributed by atoms with Crippen LogP contribution >= 0.6 is 0 Å². The number of hydrogen-bond donors (Lipinski definition) is 0. The Balaban J connectivity index is 0.672. The molecule has 0 saturated heterocycles. The largest absolute Gasteiger partial charge is 0.310 e. The molecule has 0 bridgehead atoms. The number of fused-ring (bicyclic) bond motifs is 18. The Bertz CT molecular complexity index is 6360. The number of aromatic nitrogens is 3. The first-order chi connectivity index (χ1) is 50.3. The maximum atomic E-state index is 2.56. The molecule has 3 aliphatic rings. The van der Waals surface area contributed by atoms with Gasteiger partial charge in [-0.2, -0.15) is 0 Å². The summed E-state index contributed by atoms with van der Waals surface area (Å²) in [5, 5.41) is 7.55. The second-order valence-electron chi connectivity index (χ2n) is 30.4. The minimum Gasteiger partial charge on any atom is -0.310 e. The smallest absolute Gasteiger partial charge is 0.0547 e. The van der Waals surface area contributed by atoms with Crippen molar-refractivity contribution in [3.63, 3.8) is 0 Å². The zero-order valence-electron chi connectivity index (χ0n) is 58.5. The minimum atomic E-state index is -0.309. The van der Waals surface area contributed by atoms with Crippen molar-refractivity contribution < 1.29 is 0 Å². The lowest BCUT2D eigenvalue weighted by Crippen LogP contribution is -2.19. The molecule has 3 aromatic heterocycles. The Morgan fingerprint density at radius 3 is 0.816 bits per heavy atom. The van der Waals surface area contributed by atoms with Crippen LogP contribution in [0.4, 0.5) is 17.1 Å². The number of hydrogen-bond acceptors (Lipinski definition) is 1. The Labute approximate surface area is 599 Å². The van der Waals surface area contributed by atoms with Gasteiger partial charge in [0.2, 0.25) is 0 Å². The van der Waals surface area contributed by atoms with Crippen molar-refractivity contribution in [3.05, 3.63) is 361 Å². The summed E-state index contributed by atoms with van der Waals surface area (Å²) >= 11 is 0. The number of para-hydroxylation sites is 6. The lowest BCUT2D eigenvalue weighted by Gasteiger charge is -2.31. The van der Waals surface area contributed by atoms with Gasteiger partial charge >= 0.3 is 0 Å². The van der Waals surface area contributed by atoms with Crippen molar-refractivity contribution in [2.24, 2.45) is 0 Å². The van der Waals surface area contributed by atoms with E-state index >= 15 is 0 Å². The van der Waals surface area contributed by atoms with E-state index in [1.165, 1.54) is 177 Å². The van der Waals surface area contributed by atoms with Gasteiger partial charge in [-0.25, -0.2) is 0 Å². The van der Waals surface area contributed by atoms with Gasteiger partial charge in [-0.15, -0.1) is 0 Å². The molecule has 0 N–H and O–H groups in total. The van der Waals surface area contributed by atoms with Gasteiger partial charge < -0.3 is 18.6 Å². The first-order valence-electron chi connectivity index (χ1n) is 36.3. The van der Waals surface area contributed by atoms with Crippen LogP contribution in [0.1, 0.15) is 74.9 Å². The maximum Gasteiger partial charge on any atom is 0.0547 e. The van der Waals surface area contributed by atoms with E-state index in [2.05, 4.69) is 388 Å². The van der Waals surface area contributed by atoms with Gasteiger partial charge in [0.15, 0.2) is 0 Å². The molecule has 0 unspecified atom stereocenters. The second kappa shape index (κ2) is 21.8. The van der Waals surface area contributed by atoms with Crippen LogP contribution in [0.25, 0.3) is 149 Å². The summed E-state index contributed by atoms with van der Waals surface area (Å²) in [4.78, 5) is 2.56. The molecule has 0 fully saturated rings. The quantitative estimate of drug-likeness (QED) is 0.141. The average Bonchev–Trinajstić information content (AvgIpc) is 1.58. The Morgan fingerprint density at radius 2 is 0.447 bits per heavy atom. The molecule has 3 aliphatic carbocycles. The van der Waals surface area contributed by atoms with Gasteiger partial charge in [0.05, 0.1) is 33.1 Å². The van der Waals surface area contributed by atoms with Crippen LogP contribution in [0, 0.1) is 0 Å². The molecule has 3 heterocycles. The summed E-state index contributed by atoms with van der Waals surface area (Å²) in [7, 11) is 0. The molecular weight excluding hydrogens is 1250 g/mol. The second-order valence-corrected chi connectivity index (χ2v) is 30.4. The van der Waals surface area contributed by atoms with Crippen molar-refractivity contribution >= 4 is 82.5 Å². The van der Waals surface area contributed by atoms with Crippen LogP contribution in [-0.2, 0) is 16.2 Å². The van der Waals surface area contributed by atoms with E-state index in [9.17, 15) is 0 Å². The molecule has 0 atom stereocenters. The van der Waals surface area contributed by atoms with Gasteiger partial charge in [0.25, 0.3) is 0 Å². The highest BCUT2D eigenvalue weighted by atomic mass is 15.1. The average molecular weight is 1320 g/mol. The van der Waals surface area contributed by atoms with Crippen LogP contribution in [-0.4, -0.2) is 13.7 Å². The van der Waals surface area contributed by atoms with Crippen LogP contribution < -0.4 is 4.90 Å². The highest BCUT2D eigenvalue weighted by Gasteiger charge is 2.41. The summed E-state index contributed by atoms with van der Waals surface area (Å²) in [5.41, 5.74) is 36.4. The third kappa shape index (κ3) is 8.65. The summed E-state index contributed by atoms with van der Waals surface area (Å²) in [6.07, 6.45) is 0. The van der Waals surface area contributed by atoms with E-state index < -0.39 is 0 Å². The van der Waals surface area contributed by atoms with E-state index in [4.69, 9.17) is 0 Å². The van der Waals surface area contributed by atoms with E-state index in [1.807, 2.05) is 0 Å². The van der Waals surface area contributed by atoms with E-state index in [-0.39, 0.29) is 16.2 Å². The topological polar surface area (TPSA) is 18.0 Å². The van der Waals surface area contributed by atoms with Gasteiger partial charge in [0, 0.05) is 82.7 Å². The van der Waals surface area contributed by atoms with Crippen molar-refractivity contribution in [1.29, 1.82) is 0 Å². The molecular formula is C99H72N4. The van der Waals surface area contributed by atoms with Crippen LogP contribution in [0.3, 0.4) is 0 Å². The molecule has 0 saturated carbocycles. The molecule has 4 nitrogen and oxygen atoms in total. The van der Waals surface area contributed by atoms with Gasteiger partial charge in [-0.05, 0) is 240 Å². The maximum absolute atomic E-state index is 2.56. The lowest BCUT2D eigenvalue weighted by atomic mass is 9.80. The molecule has 15 aromatic carbocycles. The molecule has 0 amide bonds. The number of benzene rings is 15. The lowest BCUT2D eigenvalue weighted by molar-refractivity contribution is 0.659. The number of rotatable bonds is 9. The van der Waals surface area contributed by atoms with Crippen LogP contribution in [0.15, 0.2) is 328 Å². The molecule has 0 radical (unpaired) electrons. The third-order valence-electron chi connectivity index (χ3n) is 23.8. The van der Waals surface area contributed by atoms with Crippen molar-refractivity contribution in [2.75, 3.05) is 4.90 Å². The predicted molar refractivity (Wildman–Crippen MR) is 433 cm³/mol. The van der Waals surface area contributed by atoms with Crippen LogP contribution in [0.2, 0.25) is 0 Å². The molecule has 21 rings (SSSR count). The van der Waals surface area contributed by atoms with Crippen molar-refractivity contribution in [1.82, 2.24) is 13.7 Å². The fourth-order valence-corrected chi connectivity index (χ4v) is 18.6. The third-order valence-corrected chi connectivity index (χ3v) is 23.8. The number of anilines is 3. The summed E-state index contributed by atoms with van der Waals surface area (Å²) < 4.78 is 7.22. The normalized spacial score (nSPS) is 14.2. The molecule has 0 aliphatic heterocycles. The monoisotopic (exact) mass is 1320 g/mol. The van der Waals surface area contributed by atoms with Crippen LogP contribution in [0.5, 0.6) is 0 Å². The SMILES string of the molecule is CC1(C)c2cc(-c3ccc4c(c3)c3ccccc3n4-c3ccccc3)ccc2-c2ccc(N(c3ccc4c(c3)C(C)(C)c3cc(-c5ccc6c(c5)c5ccccc5n6-c5ccccc5)ccc3-4)c3ccc4c(c3)C(C)(C)c3cc(-c5ccc6c7ccccc7n(-c7ccccc7)c6c5)ccc3-4)cc21. The Hall–Kier alpha value is -12.5. The molecule has 4 heteroatoms. The standard InChI is InChI=1S/C99H72N4/c1-97(2)85-54-63(61-38-50-94-83(52-61)80-29-17-20-32-92(80)101(94)67-22-10-7-11-23-67)34-43-73(85)76-47-40-70(58-88(76)97)100(71-41-48-77-74-44-35-64(55-86(74)98(3,4)89(77)59-71)62-39-51-95-84(53-62)81-30-18-21-33-93(81)102(95)68-24-12-8-13-25-68)72-42-49-78-75-45-36-65(56-87(75)99(5,6)90(78)60-72)66-37-46-82-79-28-16-19-31-91(79)103(96(82)57-66)69-26-14-9-15-27-69/h7-60H,1-6H3. The minimum absolute atomic E-state index is 0.305. The van der Waals surface area contributed by atoms with E-state index in [0.29, 0.717) is 0 Å². The summed E-state index contributed by atoms with van der Waals surface area (Å²) in [6, 6.07) is 123. The highest BCUT2D eigenvalue weighted by molar-refractivity contribution is 6.13. The van der Waals surface area contributed by atoms with Crippen molar-refractivity contribution in [3.8, 4) is 83.8 Å². The Kier molecular flexibility index (Phi) is 12.5. The highest BCUT2D eigenvalue weighted by Crippen LogP contribution is 2.57. The first kappa shape index (κ1) is 59.4. The molecule has 103 heavy (non-hydrogen) atoms. The summed E-state index contributed by atoms with van der Waals surface area (Å²) in [6.45, 7) is 14.6. The fourth-order valence-electron chi connectivity index (χ4n) is 18.6.